The number of nitro groups is 1. The van der Waals surface area contributed by atoms with Crippen molar-refractivity contribution in [3.8, 4) is 17.2 Å². The molecule has 0 bridgehead atoms. The summed E-state index contributed by atoms with van der Waals surface area (Å²) < 4.78 is 15.7. The SMILES string of the molecule is COc1cc(C(=O)N2CC=C(c3c[nH]c4ccccc34)CC2)c([N+](=O)[O-])c(OC)c1OC. The molecule has 4 rings (SSSR count). The average molecular weight is 437 g/mol. The van der Waals surface area contributed by atoms with E-state index >= 15 is 0 Å². The monoisotopic (exact) mass is 437 g/mol. The van der Waals surface area contributed by atoms with E-state index in [2.05, 4.69) is 11.1 Å². The first-order chi connectivity index (χ1) is 15.5. The summed E-state index contributed by atoms with van der Waals surface area (Å²) in [6.07, 6.45) is 4.59. The lowest BCUT2D eigenvalue weighted by atomic mass is 9.98. The van der Waals surface area contributed by atoms with Crippen molar-refractivity contribution < 1.29 is 23.9 Å². The molecular formula is C23H23N3O6. The van der Waals surface area contributed by atoms with Crippen LogP contribution in [0.25, 0.3) is 16.5 Å². The molecule has 0 spiro atoms. The molecule has 1 N–H and O–H groups in total. The van der Waals surface area contributed by atoms with Gasteiger partial charge < -0.3 is 24.1 Å². The normalized spacial score (nSPS) is 13.6. The Hall–Kier alpha value is -4.01. The first-order valence-corrected chi connectivity index (χ1v) is 10.0. The average Bonchev–Trinajstić information content (AvgIpc) is 3.26. The lowest BCUT2D eigenvalue weighted by molar-refractivity contribution is -0.386. The maximum absolute atomic E-state index is 13.3. The molecule has 0 saturated carbocycles. The van der Waals surface area contributed by atoms with Crippen LogP contribution in [-0.2, 0) is 0 Å². The Morgan fingerprint density at radius 1 is 1.12 bits per heavy atom. The number of carbonyl (C=O) groups is 1. The van der Waals surface area contributed by atoms with E-state index < -0.39 is 16.5 Å². The summed E-state index contributed by atoms with van der Waals surface area (Å²) in [5, 5.41) is 13.0. The lowest BCUT2D eigenvalue weighted by Gasteiger charge is -2.27. The number of nitrogens with zero attached hydrogens (tertiary/aromatic N) is 2. The Morgan fingerprint density at radius 3 is 2.50 bits per heavy atom. The van der Waals surface area contributed by atoms with Crippen LogP contribution in [0.4, 0.5) is 5.69 Å². The highest BCUT2D eigenvalue weighted by molar-refractivity contribution is 6.01. The van der Waals surface area contributed by atoms with Gasteiger partial charge in [0.1, 0.15) is 5.56 Å². The smallest absolute Gasteiger partial charge is 0.327 e. The third-order valence-corrected chi connectivity index (χ3v) is 5.65. The molecule has 166 valence electrons. The zero-order valence-electron chi connectivity index (χ0n) is 18.0. The van der Waals surface area contributed by atoms with E-state index in [1.54, 1.807) is 4.90 Å². The number of nitro benzene ring substituents is 1. The number of rotatable bonds is 6. The number of nitrogens with one attached hydrogen (secondary N) is 1. The van der Waals surface area contributed by atoms with Gasteiger partial charge in [-0.2, -0.15) is 0 Å². The van der Waals surface area contributed by atoms with Gasteiger partial charge in [-0.15, -0.1) is 0 Å². The van der Waals surface area contributed by atoms with Crippen LogP contribution >= 0.6 is 0 Å². The van der Waals surface area contributed by atoms with Gasteiger partial charge in [-0.05, 0) is 18.1 Å². The number of ether oxygens (including phenoxy) is 3. The zero-order chi connectivity index (χ0) is 22.8. The highest BCUT2D eigenvalue weighted by Gasteiger charge is 2.34. The minimum atomic E-state index is -0.634. The molecule has 0 radical (unpaired) electrons. The van der Waals surface area contributed by atoms with Crippen LogP contribution in [0.3, 0.4) is 0 Å². The van der Waals surface area contributed by atoms with Crippen molar-refractivity contribution in [2.24, 2.45) is 0 Å². The van der Waals surface area contributed by atoms with Crippen LogP contribution in [0, 0.1) is 10.1 Å². The van der Waals surface area contributed by atoms with E-state index in [9.17, 15) is 14.9 Å². The predicted molar refractivity (Wildman–Crippen MR) is 120 cm³/mol. The molecule has 0 aliphatic carbocycles. The molecule has 1 aliphatic heterocycles. The number of fused-ring (bicyclic) bond motifs is 1. The minimum absolute atomic E-state index is 0.0680. The summed E-state index contributed by atoms with van der Waals surface area (Å²) in [4.78, 5) is 29.3. The van der Waals surface area contributed by atoms with Crippen LogP contribution < -0.4 is 14.2 Å². The number of amides is 1. The Labute approximate surface area is 184 Å². The fourth-order valence-electron chi connectivity index (χ4n) is 4.09. The molecule has 32 heavy (non-hydrogen) atoms. The van der Waals surface area contributed by atoms with Crippen molar-refractivity contribution in [3.05, 3.63) is 63.8 Å². The van der Waals surface area contributed by atoms with Gasteiger partial charge in [0.15, 0.2) is 5.75 Å². The minimum Gasteiger partial charge on any atom is -0.493 e. The highest BCUT2D eigenvalue weighted by atomic mass is 16.6. The number of aromatic nitrogens is 1. The van der Waals surface area contributed by atoms with Crippen molar-refractivity contribution in [2.75, 3.05) is 34.4 Å². The van der Waals surface area contributed by atoms with Crippen LogP contribution in [0.1, 0.15) is 22.3 Å². The van der Waals surface area contributed by atoms with E-state index in [4.69, 9.17) is 14.2 Å². The molecule has 1 amide bonds. The van der Waals surface area contributed by atoms with Crippen molar-refractivity contribution in [2.45, 2.75) is 6.42 Å². The van der Waals surface area contributed by atoms with Gasteiger partial charge in [0.25, 0.3) is 5.91 Å². The zero-order valence-corrected chi connectivity index (χ0v) is 18.0. The summed E-state index contributed by atoms with van der Waals surface area (Å²) >= 11 is 0. The number of carbonyl (C=O) groups excluding carboxylic acids is 1. The largest absolute Gasteiger partial charge is 0.493 e. The van der Waals surface area contributed by atoms with Crippen molar-refractivity contribution >= 4 is 28.1 Å². The summed E-state index contributed by atoms with van der Waals surface area (Å²) in [7, 11) is 4.04. The fraction of sp³-hybridized carbons (Fsp3) is 0.261. The van der Waals surface area contributed by atoms with Gasteiger partial charge in [-0.1, -0.05) is 24.3 Å². The standard InChI is InChI=1S/C23H23N3O6/c1-30-19-12-16(20(26(28)29)22(32-3)21(19)31-2)23(27)25-10-8-14(9-11-25)17-13-24-18-7-5-4-6-15(17)18/h4-8,12-13,24H,9-11H2,1-3H3. The predicted octanol–water partition coefficient (Wildman–Crippen LogP) is 4.03. The molecule has 0 unspecified atom stereocenters. The molecule has 1 aromatic heterocycles. The molecule has 2 aromatic carbocycles. The van der Waals surface area contributed by atoms with Crippen LogP contribution in [0.5, 0.6) is 17.2 Å². The van der Waals surface area contributed by atoms with E-state index in [1.807, 2.05) is 30.5 Å². The molecule has 0 saturated heterocycles. The third-order valence-electron chi connectivity index (χ3n) is 5.65. The highest BCUT2D eigenvalue weighted by Crippen LogP contribution is 2.46. The first kappa shape index (κ1) is 21.2. The van der Waals surface area contributed by atoms with Gasteiger partial charge in [-0.3, -0.25) is 14.9 Å². The lowest BCUT2D eigenvalue weighted by Crippen LogP contribution is -2.35. The van der Waals surface area contributed by atoms with Gasteiger partial charge in [0.05, 0.1) is 26.3 Å². The number of aromatic amines is 1. The molecule has 9 heteroatoms. The Bertz CT molecular complexity index is 1230. The summed E-state index contributed by atoms with van der Waals surface area (Å²) in [5.41, 5.74) is 2.74. The second-order valence-corrected chi connectivity index (χ2v) is 7.28. The Morgan fingerprint density at radius 2 is 1.88 bits per heavy atom. The number of benzene rings is 2. The van der Waals surface area contributed by atoms with Crippen LogP contribution in [-0.4, -0.2) is 55.1 Å². The van der Waals surface area contributed by atoms with E-state index in [1.165, 1.54) is 27.4 Å². The third kappa shape index (κ3) is 3.51. The van der Waals surface area contributed by atoms with Gasteiger partial charge in [0.2, 0.25) is 11.5 Å². The van der Waals surface area contributed by atoms with E-state index in [0.717, 1.165) is 22.0 Å². The molecule has 0 fully saturated rings. The maximum atomic E-state index is 13.3. The number of para-hydroxylation sites is 1. The number of methoxy groups -OCH3 is 3. The Balaban J connectivity index is 1.68. The number of H-pyrrole nitrogens is 1. The Kier molecular flexibility index (Phi) is 5.72. The van der Waals surface area contributed by atoms with Crippen LogP contribution in [0.2, 0.25) is 0 Å². The van der Waals surface area contributed by atoms with Crippen molar-refractivity contribution in [1.82, 2.24) is 9.88 Å². The summed E-state index contributed by atoms with van der Waals surface area (Å²) in [6.45, 7) is 0.763. The quantitative estimate of drug-likeness (QED) is 0.461. The molecule has 9 nitrogen and oxygen atoms in total. The number of hydrogen-bond donors (Lipinski definition) is 1. The second-order valence-electron chi connectivity index (χ2n) is 7.28. The molecule has 0 atom stereocenters. The van der Waals surface area contributed by atoms with Crippen molar-refractivity contribution in [3.63, 3.8) is 0 Å². The molecule has 2 heterocycles. The maximum Gasteiger partial charge on any atom is 0.327 e. The number of hydrogen-bond acceptors (Lipinski definition) is 6. The second kappa shape index (κ2) is 8.62. The van der Waals surface area contributed by atoms with E-state index in [0.29, 0.717) is 19.5 Å². The molecular weight excluding hydrogens is 414 g/mol. The van der Waals surface area contributed by atoms with Gasteiger partial charge in [0, 0.05) is 41.8 Å². The first-order valence-electron chi connectivity index (χ1n) is 10.0. The van der Waals surface area contributed by atoms with Gasteiger partial charge >= 0.3 is 5.69 Å². The molecule has 3 aromatic rings. The van der Waals surface area contributed by atoms with E-state index in [-0.39, 0.29) is 22.8 Å². The summed E-state index contributed by atoms with van der Waals surface area (Å²) in [6, 6.07) is 9.37. The topological polar surface area (TPSA) is 107 Å². The van der Waals surface area contributed by atoms with Crippen molar-refractivity contribution in [1.29, 1.82) is 0 Å². The van der Waals surface area contributed by atoms with Crippen LogP contribution in [0.15, 0.2) is 42.6 Å². The fourth-order valence-corrected chi connectivity index (χ4v) is 4.09. The summed E-state index contributed by atoms with van der Waals surface area (Å²) in [5.74, 6) is -0.360. The van der Waals surface area contributed by atoms with Gasteiger partial charge in [-0.25, -0.2) is 0 Å². The molecule has 1 aliphatic rings.